The molecular weight excluding hydrogens is 365 g/mol. The van der Waals surface area contributed by atoms with Crippen molar-refractivity contribution >= 4 is 42.2 Å². The minimum atomic E-state index is -1.13. The van der Waals surface area contributed by atoms with Gasteiger partial charge in [-0.2, -0.15) is 22.3 Å². The quantitative estimate of drug-likeness (QED) is 0.463. The predicted octanol–water partition coefficient (Wildman–Crippen LogP) is 2.30. The number of nitrogens with zero attached hydrogens (tertiary/aromatic N) is 4. The molecule has 0 saturated heterocycles. The summed E-state index contributed by atoms with van der Waals surface area (Å²) >= 11 is 16.3. The first kappa shape index (κ1) is 17.8. The van der Waals surface area contributed by atoms with Crippen LogP contribution in [0.1, 0.15) is 26.7 Å². The lowest BCUT2D eigenvalue weighted by Crippen LogP contribution is -2.45. The molecule has 1 aliphatic heterocycles. The maximum atomic E-state index is 12.0. The number of ether oxygens (including phenoxy) is 1. The molecule has 1 unspecified atom stereocenters. The third-order valence-electron chi connectivity index (χ3n) is 2.69. The van der Waals surface area contributed by atoms with Crippen LogP contribution in [0.5, 0.6) is 0 Å². The second-order valence-corrected chi connectivity index (χ2v) is 6.78. The first-order valence-electron chi connectivity index (χ1n) is 6.51. The molecule has 2 rings (SSSR count). The van der Waals surface area contributed by atoms with Crippen LogP contribution in [-0.4, -0.2) is 26.7 Å². The van der Waals surface area contributed by atoms with Crippen molar-refractivity contribution in [3.63, 3.8) is 0 Å². The molecule has 0 aromatic carbocycles. The summed E-state index contributed by atoms with van der Waals surface area (Å²) in [5.74, 6) is -0.540. The van der Waals surface area contributed by atoms with Gasteiger partial charge in [0.25, 0.3) is 0 Å². The van der Waals surface area contributed by atoms with Crippen molar-refractivity contribution in [2.24, 2.45) is 0 Å². The van der Waals surface area contributed by atoms with Crippen molar-refractivity contribution in [2.45, 2.75) is 31.6 Å². The van der Waals surface area contributed by atoms with Crippen LogP contribution >= 0.6 is 36.0 Å². The summed E-state index contributed by atoms with van der Waals surface area (Å²) in [7, 11) is 0. The van der Waals surface area contributed by atoms with Crippen molar-refractivity contribution in [1.82, 2.24) is 14.4 Å². The highest BCUT2D eigenvalue weighted by molar-refractivity contribution is 7.82. The Bertz CT molecular complexity index is 725. The summed E-state index contributed by atoms with van der Waals surface area (Å²) in [5, 5.41) is 12.7. The van der Waals surface area contributed by atoms with Gasteiger partial charge in [0.1, 0.15) is 9.78 Å². The molecule has 0 bridgehead atoms. The molecule has 1 aromatic rings. The smallest absolute Gasteiger partial charge is 0.458 e. The second kappa shape index (κ2) is 6.50. The molecule has 11 heteroatoms. The van der Waals surface area contributed by atoms with E-state index in [2.05, 4.69) is 17.7 Å². The van der Waals surface area contributed by atoms with Crippen LogP contribution in [0.4, 0.5) is 0 Å². The summed E-state index contributed by atoms with van der Waals surface area (Å²) in [4.78, 5) is 12.9. The van der Waals surface area contributed by atoms with Crippen molar-refractivity contribution < 1.29 is 9.15 Å². The van der Waals surface area contributed by atoms with Crippen molar-refractivity contribution in [3.05, 3.63) is 39.6 Å². The molecule has 1 N–H and O–H groups in total. The predicted molar refractivity (Wildman–Crippen MR) is 90.0 cm³/mol. The average Bonchev–Trinajstić information content (AvgIpc) is 2.84. The molecular formula is C12H15Cl2N5O3S. The van der Waals surface area contributed by atoms with Gasteiger partial charge in [-0.05, 0) is 20.8 Å². The van der Waals surface area contributed by atoms with E-state index in [1.165, 1.54) is 12.4 Å². The highest BCUT2D eigenvalue weighted by Crippen LogP contribution is 2.26. The molecule has 1 aliphatic rings. The van der Waals surface area contributed by atoms with Gasteiger partial charge in [0.05, 0.1) is 18.5 Å². The topological polar surface area (TPSA) is 87.6 Å². The largest absolute Gasteiger partial charge is 0.488 e. The Balaban J connectivity index is 2.43. The number of hydrazine groups is 1. The number of rotatable bonds is 5. The Morgan fingerprint density at radius 2 is 2.17 bits per heavy atom. The van der Waals surface area contributed by atoms with E-state index in [0.717, 1.165) is 20.7 Å². The maximum Gasteiger partial charge on any atom is 0.458 e. The molecule has 1 atom stereocenters. The lowest BCUT2D eigenvalue weighted by Gasteiger charge is -2.29. The number of thiol groups is 1. The van der Waals surface area contributed by atoms with Gasteiger partial charge in [-0.25, -0.2) is 4.79 Å². The van der Waals surface area contributed by atoms with Crippen LogP contribution < -0.4 is 10.9 Å². The van der Waals surface area contributed by atoms with Crippen molar-refractivity contribution in [2.75, 3.05) is 5.12 Å². The van der Waals surface area contributed by atoms with Gasteiger partial charge in [0.15, 0.2) is 5.76 Å². The molecule has 0 radical (unpaired) electrons. The van der Waals surface area contributed by atoms with Gasteiger partial charge in [-0.1, -0.05) is 16.4 Å². The van der Waals surface area contributed by atoms with Gasteiger partial charge >= 0.3 is 5.76 Å². The van der Waals surface area contributed by atoms with Crippen molar-refractivity contribution in [3.8, 4) is 0 Å². The molecule has 0 fully saturated rings. The van der Waals surface area contributed by atoms with Crippen LogP contribution in [0.15, 0.2) is 32.4 Å². The Morgan fingerprint density at radius 1 is 1.52 bits per heavy atom. The van der Waals surface area contributed by atoms with Crippen LogP contribution in [0.2, 0.25) is 0 Å². The fourth-order valence-electron chi connectivity index (χ4n) is 1.58. The summed E-state index contributed by atoms with van der Waals surface area (Å²) < 4.78 is 10.5. The molecule has 0 aliphatic carbocycles. The number of allylic oxidation sites excluding steroid dienone is 1. The minimum Gasteiger partial charge on any atom is -0.488 e. The SMILES string of the molecule is CC(C)OC1=CN(n2nc(C(C)(S)C=N)oc2=O)N(Cl)C=C1Cl. The molecule has 2 heterocycles. The zero-order valence-corrected chi connectivity index (χ0v) is 14.9. The number of nitrogens with one attached hydrogen (secondary N) is 1. The van der Waals surface area contributed by atoms with Crippen LogP contribution in [-0.2, 0) is 9.48 Å². The Labute approximate surface area is 147 Å². The number of hydrogen-bond acceptors (Lipinski definition) is 8. The summed E-state index contributed by atoms with van der Waals surface area (Å²) in [6, 6.07) is 0. The number of aromatic nitrogens is 2. The molecule has 126 valence electrons. The second-order valence-electron chi connectivity index (χ2n) is 5.10. The van der Waals surface area contributed by atoms with E-state index in [-0.39, 0.29) is 17.0 Å². The van der Waals surface area contributed by atoms with Crippen LogP contribution in [0.3, 0.4) is 0 Å². The van der Waals surface area contributed by atoms with Crippen LogP contribution in [0, 0.1) is 5.41 Å². The first-order chi connectivity index (χ1) is 10.7. The molecule has 23 heavy (non-hydrogen) atoms. The fraction of sp³-hybridized carbons (Fsp3) is 0.417. The maximum absolute atomic E-state index is 12.0. The van der Waals surface area contributed by atoms with E-state index in [1.54, 1.807) is 6.92 Å². The Morgan fingerprint density at radius 3 is 2.74 bits per heavy atom. The first-order valence-corrected chi connectivity index (χ1v) is 7.67. The standard InChI is InChI=1S/C12H15Cl2N5O3S/c1-7(2)21-9-5-18(17(14)4-8(9)13)19-11(20)22-10(16-19)12(3,23)6-15/h4-7,15,23H,1-3H3. The number of halogens is 2. The van der Waals surface area contributed by atoms with Gasteiger partial charge in [-0.15, -0.1) is 5.10 Å². The molecule has 1 aromatic heterocycles. The van der Waals surface area contributed by atoms with E-state index in [1.807, 2.05) is 13.8 Å². The van der Waals surface area contributed by atoms with Gasteiger partial charge < -0.3 is 14.6 Å². The van der Waals surface area contributed by atoms with Crippen LogP contribution in [0.25, 0.3) is 0 Å². The summed E-state index contributed by atoms with van der Waals surface area (Å²) in [5.41, 5.74) is 0. The number of hydrogen-bond donors (Lipinski definition) is 2. The van der Waals surface area contributed by atoms with Gasteiger partial charge in [-0.3, -0.25) is 0 Å². The third-order valence-corrected chi connectivity index (χ3v) is 3.54. The lowest BCUT2D eigenvalue weighted by molar-refractivity contribution is 0.151. The van der Waals surface area contributed by atoms with E-state index in [0.29, 0.717) is 5.76 Å². The fourth-order valence-corrected chi connectivity index (χ4v) is 2.11. The zero-order chi connectivity index (χ0) is 17.4. The lowest BCUT2D eigenvalue weighted by atomic mass is 10.2. The average molecular weight is 380 g/mol. The highest BCUT2D eigenvalue weighted by Gasteiger charge is 2.30. The normalized spacial score (nSPS) is 17.7. The molecule has 0 amide bonds. The van der Waals surface area contributed by atoms with Gasteiger partial charge in [0.2, 0.25) is 5.89 Å². The monoisotopic (exact) mass is 379 g/mol. The Kier molecular flexibility index (Phi) is 5.02. The van der Waals surface area contributed by atoms with E-state index in [4.69, 9.17) is 37.9 Å². The van der Waals surface area contributed by atoms with E-state index < -0.39 is 10.5 Å². The molecule has 0 spiro atoms. The zero-order valence-electron chi connectivity index (χ0n) is 12.5. The highest BCUT2D eigenvalue weighted by atomic mass is 35.5. The summed E-state index contributed by atoms with van der Waals surface area (Å²) in [6.45, 7) is 5.23. The third kappa shape index (κ3) is 3.67. The van der Waals surface area contributed by atoms with E-state index in [9.17, 15) is 4.79 Å². The minimum absolute atomic E-state index is 0.0497. The van der Waals surface area contributed by atoms with Gasteiger partial charge in [0, 0.05) is 18.0 Å². The van der Waals surface area contributed by atoms with E-state index >= 15 is 0 Å². The summed E-state index contributed by atoms with van der Waals surface area (Å²) in [6.07, 6.45) is 3.61. The molecule has 0 saturated carbocycles. The Hall–Kier alpha value is -1.58. The molecule has 8 nitrogen and oxygen atoms in total. The van der Waals surface area contributed by atoms with Crippen molar-refractivity contribution in [1.29, 1.82) is 5.41 Å².